The quantitative estimate of drug-likeness (QED) is 0.526. The molecule has 5 atom stereocenters. The Morgan fingerprint density at radius 2 is 1.96 bits per heavy atom. The van der Waals surface area contributed by atoms with Crippen molar-refractivity contribution in [2.24, 2.45) is 11.8 Å². The Morgan fingerprint density at radius 3 is 2.62 bits per heavy atom. The van der Waals surface area contributed by atoms with Crippen LogP contribution in [0.3, 0.4) is 0 Å². The summed E-state index contributed by atoms with van der Waals surface area (Å²) in [5.41, 5.74) is 0. The molecule has 140 valence electrons. The van der Waals surface area contributed by atoms with Gasteiger partial charge in [-0.1, -0.05) is 20.4 Å². The molecular formula is C19H33IO4. The Hall–Kier alpha value is 0.310. The highest BCUT2D eigenvalue weighted by molar-refractivity contribution is 14.1. The van der Waals surface area contributed by atoms with Gasteiger partial charge in [0.05, 0.1) is 31.5 Å². The molecule has 2 heterocycles. The van der Waals surface area contributed by atoms with Gasteiger partial charge in [0.15, 0.2) is 6.29 Å². The van der Waals surface area contributed by atoms with Gasteiger partial charge in [0.25, 0.3) is 0 Å². The highest BCUT2D eigenvalue weighted by atomic mass is 127. The van der Waals surface area contributed by atoms with Crippen molar-refractivity contribution in [1.82, 2.24) is 0 Å². The summed E-state index contributed by atoms with van der Waals surface area (Å²) in [5.74, 6) is 0.929. The van der Waals surface area contributed by atoms with E-state index in [4.69, 9.17) is 14.2 Å². The molecule has 2 rings (SSSR count). The monoisotopic (exact) mass is 452 g/mol. The summed E-state index contributed by atoms with van der Waals surface area (Å²) in [6.07, 6.45) is 6.85. The van der Waals surface area contributed by atoms with Crippen molar-refractivity contribution < 1.29 is 19.3 Å². The topological polar surface area (TPSA) is 47.9 Å². The SMILES string of the molecule is C=C(I)C(C)C[C@H](O)CC[C@@H]1O[C@@H](CCC2OCCCO2)CC1C. The van der Waals surface area contributed by atoms with Crippen molar-refractivity contribution in [2.45, 2.75) is 83.4 Å². The lowest BCUT2D eigenvalue weighted by molar-refractivity contribution is -0.184. The first kappa shape index (κ1) is 20.6. The van der Waals surface area contributed by atoms with Gasteiger partial charge in [0.1, 0.15) is 0 Å². The number of hydrogen-bond donors (Lipinski definition) is 1. The van der Waals surface area contributed by atoms with Crippen LogP contribution >= 0.6 is 22.6 Å². The standard InChI is InChI=1S/C19H33IO4/c1-13(15(3)20)11-16(21)5-7-18-14(2)12-17(24-18)6-8-19-22-9-4-10-23-19/h13-14,16-19,21H,3-12H2,1-2H3/t13?,14?,16-,17+,18+/m1/s1. The van der Waals surface area contributed by atoms with E-state index in [0.29, 0.717) is 17.9 Å². The first-order chi connectivity index (χ1) is 11.5. The molecule has 24 heavy (non-hydrogen) atoms. The summed E-state index contributed by atoms with van der Waals surface area (Å²) in [6, 6.07) is 0. The Labute approximate surface area is 160 Å². The van der Waals surface area contributed by atoms with Crippen LogP contribution in [0, 0.1) is 11.8 Å². The van der Waals surface area contributed by atoms with Crippen molar-refractivity contribution in [3.05, 3.63) is 10.2 Å². The van der Waals surface area contributed by atoms with Gasteiger partial charge < -0.3 is 19.3 Å². The van der Waals surface area contributed by atoms with Gasteiger partial charge in [0.2, 0.25) is 0 Å². The van der Waals surface area contributed by atoms with Gasteiger partial charge in [0, 0.05) is 6.42 Å². The maximum Gasteiger partial charge on any atom is 0.157 e. The molecule has 0 aromatic carbocycles. The zero-order valence-corrected chi connectivity index (χ0v) is 17.2. The van der Waals surface area contributed by atoms with E-state index in [0.717, 1.165) is 61.7 Å². The fourth-order valence-corrected chi connectivity index (χ4v) is 3.83. The second kappa shape index (κ2) is 10.5. The molecule has 0 amide bonds. The van der Waals surface area contributed by atoms with Crippen LogP contribution < -0.4 is 0 Å². The predicted molar refractivity (Wildman–Crippen MR) is 104 cm³/mol. The van der Waals surface area contributed by atoms with E-state index in [9.17, 15) is 5.11 Å². The van der Waals surface area contributed by atoms with E-state index in [1.54, 1.807) is 0 Å². The maximum absolute atomic E-state index is 10.2. The molecule has 2 saturated heterocycles. The summed E-state index contributed by atoms with van der Waals surface area (Å²) in [7, 11) is 0. The second-order valence-electron chi connectivity index (χ2n) is 7.43. The normalized spacial score (nSPS) is 31.1. The molecule has 2 unspecified atom stereocenters. The van der Waals surface area contributed by atoms with Gasteiger partial charge in [-0.2, -0.15) is 0 Å². The largest absolute Gasteiger partial charge is 0.393 e. The minimum Gasteiger partial charge on any atom is -0.393 e. The van der Waals surface area contributed by atoms with E-state index in [1.165, 1.54) is 0 Å². The zero-order valence-electron chi connectivity index (χ0n) is 15.1. The fourth-order valence-electron chi connectivity index (χ4n) is 3.58. The summed E-state index contributed by atoms with van der Waals surface area (Å²) < 4.78 is 18.6. The predicted octanol–water partition coefficient (Wildman–Crippen LogP) is 4.44. The molecule has 0 spiro atoms. The van der Waals surface area contributed by atoms with Crippen LogP contribution in [0.2, 0.25) is 0 Å². The molecule has 0 bridgehead atoms. The zero-order chi connectivity index (χ0) is 17.5. The van der Waals surface area contributed by atoms with Gasteiger partial charge in [-0.25, -0.2) is 0 Å². The lowest BCUT2D eigenvalue weighted by Crippen LogP contribution is -2.26. The Kier molecular flexibility index (Phi) is 8.98. The minimum absolute atomic E-state index is 0.0404. The van der Waals surface area contributed by atoms with E-state index in [1.807, 2.05) is 0 Å². The number of ether oxygens (including phenoxy) is 3. The molecule has 0 radical (unpaired) electrons. The summed E-state index contributed by atoms with van der Waals surface area (Å²) >= 11 is 2.25. The van der Waals surface area contributed by atoms with E-state index >= 15 is 0 Å². The van der Waals surface area contributed by atoms with Crippen LogP contribution in [0.5, 0.6) is 0 Å². The van der Waals surface area contributed by atoms with Crippen LogP contribution in [0.1, 0.15) is 58.8 Å². The first-order valence-corrected chi connectivity index (χ1v) is 10.4. The Bertz CT molecular complexity index is 384. The van der Waals surface area contributed by atoms with Crippen LogP contribution in [0.15, 0.2) is 10.2 Å². The molecule has 1 N–H and O–H groups in total. The van der Waals surface area contributed by atoms with Gasteiger partial charge >= 0.3 is 0 Å². The van der Waals surface area contributed by atoms with E-state index in [2.05, 4.69) is 43.0 Å². The highest BCUT2D eigenvalue weighted by Gasteiger charge is 2.32. The number of allylic oxidation sites excluding steroid dienone is 1. The third kappa shape index (κ3) is 6.90. The fraction of sp³-hybridized carbons (Fsp3) is 0.895. The smallest absolute Gasteiger partial charge is 0.157 e. The summed E-state index contributed by atoms with van der Waals surface area (Å²) in [6.45, 7) is 9.97. The average Bonchev–Trinajstić information content (AvgIpc) is 2.92. The van der Waals surface area contributed by atoms with Crippen LogP contribution in [0.4, 0.5) is 0 Å². The molecule has 0 aromatic rings. The minimum atomic E-state index is -0.259. The number of aliphatic hydroxyl groups excluding tert-OH is 1. The molecule has 0 aliphatic carbocycles. The third-order valence-electron chi connectivity index (χ3n) is 5.20. The number of halogens is 1. The van der Waals surface area contributed by atoms with Crippen molar-refractivity contribution in [1.29, 1.82) is 0 Å². The molecule has 5 heteroatoms. The molecule has 0 aromatic heterocycles. The van der Waals surface area contributed by atoms with Crippen LogP contribution in [-0.2, 0) is 14.2 Å². The van der Waals surface area contributed by atoms with Crippen molar-refractivity contribution >= 4 is 22.6 Å². The molecule has 2 fully saturated rings. The first-order valence-electron chi connectivity index (χ1n) is 9.36. The lowest BCUT2D eigenvalue weighted by Gasteiger charge is -2.24. The van der Waals surface area contributed by atoms with Crippen molar-refractivity contribution in [3.8, 4) is 0 Å². The molecule has 4 nitrogen and oxygen atoms in total. The average molecular weight is 452 g/mol. The number of rotatable bonds is 9. The lowest BCUT2D eigenvalue weighted by atomic mass is 9.94. The van der Waals surface area contributed by atoms with Gasteiger partial charge in [-0.05, 0) is 76.5 Å². The van der Waals surface area contributed by atoms with Gasteiger partial charge in [-0.3, -0.25) is 0 Å². The second-order valence-corrected chi connectivity index (χ2v) is 8.81. The third-order valence-corrected chi connectivity index (χ3v) is 6.27. The molecular weight excluding hydrogens is 419 g/mol. The van der Waals surface area contributed by atoms with Crippen molar-refractivity contribution in [2.75, 3.05) is 13.2 Å². The summed E-state index contributed by atoms with van der Waals surface area (Å²) in [4.78, 5) is 0. The summed E-state index contributed by atoms with van der Waals surface area (Å²) in [5, 5.41) is 10.2. The van der Waals surface area contributed by atoms with Crippen molar-refractivity contribution in [3.63, 3.8) is 0 Å². The molecule has 0 saturated carbocycles. The van der Waals surface area contributed by atoms with E-state index < -0.39 is 0 Å². The van der Waals surface area contributed by atoms with Crippen LogP contribution in [0.25, 0.3) is 0 Å². The maximum atomic E-state index is 10.2. The molecule has 2 aliphatic heterocycles. The Morgan fingerprint density at radius 1 is 1.25 bits per heavy atom. The van der Waals surface area contributed by atoms with Gasteiger partial charge in [-0.15, -0.1) is 0 Å². The Balaban J connectivity index is 1.64. The number of aliphatic hydroxyl groups is 1. The highest BCUT2D eigenvalue weighted by Crippen LogP contribution is 2.33. The van der Waals surface area contributed by atoms with Crippen LogP contribution in [-0.4, -0.2) is 42.9 Å². The molecule has 2 aliphatic rings. The number of hydrogen-bond acceptors (Lipinski definition) is 4. The van der Waals surface area contributed by atoms with E-state index in [-0.39, 0.29) is 18.5 Å².